The fourth-order valence-electron chi connectivity index (χ4n) is 3.42. The zero-order valence-electron chi connectivity index (χ0n) is 19.3. The van der Waals surface area contributed by atoms with Gasteiger partial charge in [0.05, 0.1) is 16.7 Å². The highest BCUT2D eigenvalue weighted by atomic mass is 79.9. The van der Waals surface area contributed by atoms with E-state index in [1.807, 2.05) is 38.1 Å². The van der Waals surface area contributed by atoms with Crippen LogP contribution in [0.3, 0.4) is 0 Å². The van der Waals surface area contributed by atoms with Crippen LogP contribution in [0.15, 0.2) is 88.2 Å². The fraction of sp³-hybridized carbons (Fsp3) is 0.269. The van der Waals surface area contributed by atoms with Crippen molar-refractivity contribution in [3.05, 3.63) is 88.9 Å². The lowest BCUT2D eigenvalue weighted by Gasteiger charge is -2.24. The van der Waals surface area contributed by atoms with Crippen molar-refractivity contribution >= 4 is 37.5 Å². The van der Waals surface area contributed by atoms with E-state index in [1.165, 1.54) is 12.1 Å². The predicted octanol–water partition coefficient (Wildman–Crippen LogP) is 5.18. The molecule has 1 amide bonds. The third-order valence-electron chi connectivity index (χ3n) is 4.95. The van der Waals surface area contributed by atoms with E-state index in [0.29, 0.717) is 12.2 Å². The van der Waals surface area contributed by atoms with Gasteiger partial charge in [-0.05, 0) is 74.7 Å². The minimum atomic E-state index is -3.92. The Morgan fingerprint density at radius 3 is 2.44 bits per heavy atom. The fourth-order valence-corrected chi connectivity index (χ4v) is 5.24. The summed E-state index contributed by atoms with van der Waals surface area (Å²) in [5.41, 5.74) is 1.53. The first-order valence-corrected chi connectivity index (χ1v) is 13.3. The average Bonchev–Trinajstić information content (AvgIpc) is 2.80. The zero-order chi connectivity index (χ0) is 24.6. The number of rotatable bonds is 11. The first-order chi connectivity index (χ1) is 16.3. The number of sulfonamides is 1. The quantitative estimate of drug-likeness (QED) is 0.337. The van der Waals surface area contributed by atoms with Crippen LogP contribution in [0.2, 0.25) is 0 Å². The van der Waals surface area contributed by atoms with Gasteiger partial charge in [-0.3, -0.25) is 9.10 Å². The molecule has 0 heterocycles. The molecule has 0 saturated heterocycles. The van der Waals surface area contributed by atoms with Gasteiger partial charge in [0.1, 0.15) is 12.3 Å². The number of benzene rings is 3. The van der Waals surface area contributed by atoms with Gasteiger partial charge in [0.25, 0.3) is 10.0 Å². The molecule has 0 aliphatic heterocycles. The zero-order valence-corrected chi connectivity index (χ0v) is 21.7. The Kier molecular flexibility index (Phi) is 9.12. The molecule has 0 fully saturated rings. The molecule has 0 radical (unpaired) electrons. The monoisotopic (exact) mass is 544 g/mol. The van der Waals surface area contributed by atoms with E-state index in [2.05, 4.69) is 21.2 Å². The Balaban J connectivity index is 1.64. The smallest absolute Gasteiger partial charge is 0.264 e. The number of nitrogens with zero attached hydrogens (tertiary/aromatic N) is 1. The van der Waals surface area contributed by atoms with E-state index in [-0.39, 0.29) is 23.5 Å². The van der Waals surface area contributed by atoms with Gasteiger partial charge in [-0.1, -0.05) is 52.3 Å². The predicted molar refractivity (Wildman–Crippen MR) is 139 cm³/mol. The Morgan fingerprint density at radius 2 is 1.74 bits per heavy atom. The summed E-state index contributed by atoms with van der Waals surface area (Å²) in [5.74, 6) is 0.462. The maximum absolute atomic E-state index is 13.3. The molecule has 3 rings (SSSR count). The summed E-state index contributed by atoms with van der Waals surface area (Å²) in [6.07, 6.45) is 1.60. The maximum atomic E-state index is 13.3. The molecular weight excluding hydrogens is 516 g/mol. The molecule has 34 heavy (non-hydrogen) atoms. The molecule has 0 spiro atoms. The number of halogens is 1. The summed E-state index contributed by atoms with van der Waals surface area (Å²) in [4.78, 5) is 12.9. The van der Waals surface area contributed by atoms with Gasteiger partial charge < -0.3 is 10.1 Å². The van der Waals surface area contributed by atoms with Gasteiger partial charge in [0.15, 0.2) is 0 Å². The van der Waals surface area contributed by atoms with Crippen LogP contribution in [0.25, 0.3) is 0 Å². The number of ether oxygens (including phenoxy) is 1. The molecule has 180 valence electrons. The van der Waals surface area contributed by atoms with E-state index in [4.69, 9.17) is 4.74 Å². The van der Waals surface area contributed by atoms with Crippen molar-refractivity contribution in [3.8, 4) is 5.75 Å². The maximum Gasteiger partial charge on any atom is 0.264 e. The average molecular weight is 545 g/mol. The van der Waals surface area contributed by atoms with Gasteiger partial charge in [0, 0.05) is 11.0 Å². The van der Waals surface area contributed by atoms with Gasteiger partial charge in [-0.25, -0.2) is 8.42 Å². The lowest BCUT2D eigenvalue weighted by molar-refractivity contribution is -0.119. The van der Waals surface area contributed by atoms with Crippen molar-refractivity contribution in [3.63, 3.8) is 0 Å². The summed E-state index contributed by atoms with van der Waals surface area (Å²) < 4.78 is 34.2. The molecule has 8 heteroatoms. The van der Waals surface area contributed by atoms with Crippen molar-refractivity contribution in [2.45, 2.75) is 37.7 Å². The van der Waals surface area contributed by atoms with E-state index in [1.54, 1.807) is 42.5 Å². The molecule has 0 aliphatic carbocycles. The molecular formula is C26H29BrN2O4S. The summed E-state index contributed by atoms with van der Waals surface area (Å²) in [6, 6.07) is 22.9. The number of amides is 1. The molecule has 0 aromatic heterocycles. The number of aryl methyl sites for hydroxylation is 1. The summed E-state index contributed by atoms with van der Waals surface area (Å²) >= 11 is 3.38. The van der Waals surface area contributed by atoms with E-state index < -0.39 is 10.0 Å². The molecule has 0 unspecified atom stereocenters. The molecule has 3 aromatic rings. The number of nitrogens with one attached hydrogen (secondary N) is 1. The second-order valence-corrected chi connectivity index (χ2v) is 10.9. The van der Waals surface area contributed by atoms with Gasteiger partial charge in [-0.15, -0.1) is 0 Å². The summed E-state index contributed by atoms with van der Waals surface area (Å²) in [7, 11) is -3.92. The molecule has 3 aromatic carbocycles. The van der Waals surface area contributed by atoms with Crippen LogP contribution >= 0.6 is 15.9 Å². The molecule has 0 saturated carbocycles. The molecule has 1 N–H and O–H groups in total. The Bertz CT molecular complexity index is 1200. The minimum absolute atomic E-state index is 0.106. The highest BCUT2D eigenvalue weighted by molar-refractivity contribution is 9.10. The van der Waals surface area contributed by atoms with Crippen molar-refractivity contribution in [1.29, 1.82) is 0 Å². The topological polar surface area (TPSA) is 75.7 Å². The largest absolute Gasteiger partial charge is 0.491 e. The molecule has 0 atom stereocenters. The second kappa shape index (κ2) is 12.0. The Hall–Kier alpha value is -2.84. The standard InChI is InChI=1S/C26H29BrN2O4S/c1-20(2)33-24-13-6-9-21(17-24)10-8-16-28-26(30)19-29(23-12-7-11-22(27)18-23)34(31,32)25-14-4-3-5-15-25/h3-7,9,11-15,17-18,20H,8,10,16,19H2,1-2H3,(H,28,30). The van der Waals surface area contributed by atoms with Crippen LogP contribution < -0.4 is 14.4 Å². The minimum Gasteiger partial charge on any atom is -0.491 e. The Morgan fingerprint density at radius 1 is 1.00 bits per heavy atom. The van der Waals surface area contributed by atoms with Crippen LogP contribution in [0.5, 0.6) is 5.75 Å². The van der Waals surface area contributed by atoms with Crippen molar-refractivity contribution in [1.82, 2.24) is 5.32 Å². The molecule has 0 aliphatic rings. The van der Waals surface area contributed by atoms with Gasteiger partial charge in [-0.2, -0.15) is 0 Å². The highest BCUT2D eigenvalue weighted by Gasteiger charge is 2.27. The van der Waals surface area contributed by atoms with Crippen molar-refractivity contribution in [2.75, 3.05) is 17.4 Å². The first-order valence-electron chi connectivity index (χ1n) is 11.1. The summed E-state index contributed by atoms with van der Waals surface area (Å²) in [6.45, 7) is 4.09. The second-order valence-electron chi connectivity index (χ2n) is 8.07. The van der Waals surface area contributed by atoms with Crippen LogP contribution in [0.1, 0.15) is 25.8 Å². The summed E-state index contributed by atoms with van der Waals surface area (Å²) in [5, 5.41) is 2.85. The number of hydrogen-bond donors (Lipinski definition) is 1. The van der Waals surface area contributed by atoms with Gasteiger partial charge >= 0.3 is 0 Å². The van der Waals surface area contributed by atoms with E-state index >= 15 is 0 Å². The molecule has 6 nitrogen and oxygen atoms in total. The number of carbonyl (C=O) groups excluding carboxylic acids is 1. The molecule has 0 bridgehead atoms. The van der Waals surface area contributed by atoms with E-state index in [9.17, 15) is 13.2 Å². The SMILES string of the molecule is CC(C)Oc1cccc(CCCNC(=O)CN(c2cccc(Br)c2)S(=O)(=O)c2ccccc2)c1. The van der Waals surface area contributed by atoms with Crippen molar-refractivity contribution < 1.29 is 17.9 Å². The highest BCUT2D eigenvalue weighted by Crippen LogP contribution is 2.26. The van der Waals surface area contributed by atoms with Gasteiger partial charge in [0.2, 0.25) is 5.91 Å². The third-order valence-corrected chi connectivity index (χ3v) is 7.23. The lowest BCUT2D eigenvalue weighted by Crippen LogP contribution is -2.41. The number of carbonyl (C=O) groups is 1. The van der Waals surface area contributed by atoms with Crippen molar-refractivity contribution in [2.24, 2.45) is 0 Å². The lowest BCUT2D eigenvalue weighted by atomic mass is 10.1. The normalized spacial score (nSPS) is 11.3. The number of anilines is 1. The first kappa shape index (κ1) is 25.8. The number of hydrogen-bond acceptors (Lipinski definition) is 4. The third kappa shape index (κ3) is 7.33. The van der Waals surface area contributed by atoms with Crippen LogP contribution in [-0.2, 0) is 21.2 Å². The van der Waals surface area contributed by atoms with Crippen LogP contribution in [0, 0.1) is 0 Å². The van der Waals surface area contributed by atoms with Crippen LogP contribution in [-0.4, -0.2) is 33.5 Å². The van der Waals surface area contributed by atoms with E-state index in [0.717, 1.165) is 32.9 Å². The Labute approximate surface area is 210 Å². The van der Waals surface area contributed by atoms with Crippen LogP contribution in [0.4, 0.5) is 5.69 Å².